The molecule has 0 aromatic carbocycles. The van der Waals surface area contributed by atoms with Crippen LogP contribution in [0.4, 0.5) is 5.69 Å². The molecule has 1 rings (SSSR count). The first-order chi connectivity index (χ1) is 6.56. The number of aryl methyl sites for hydroxylation is 1. The third-order valence-corrected chi connectivity index (χ3v) is 1.88. The normalized spacial score (nSPS) is 12.5. The van der Waals surface area contributed by atoms with E-state index in [0.29, 0.717) is 11.3 Å². The molecule has 0 aliphatic heterocycles. The number of nitro groups is 1. The Balaban J connectivity index is 3.06. The average molecular weight is 197 g/mol. The number of aliphatic hydroxyl groups excluding tert-OH is 1. The van der Waals surface area contributed by atoms with E-state index in [1.54, 1.807) is 6.92 Å². The summed E-state index contributed by atoms with van der Waals surface area (Å²) in [6.45, 7) is 1.37. The van der Waals surface area contributed by atoms with Crippen LogP contribution in [0.15, 0.2) is 12.3 Å². The average Bonchev–Trinajstić information content (AvgIpc) is 2.15. The van der Waals surface area contributed by atoms with Crippen LogP contribution in [0.5, 0.6) is 0 Å². The third kappa shape index (κ3) is 2.04. The van der Waals surface area contributed by atoms with E-state index in [1.165, 1.54) is 6.07 Å². The summed E-state index contributed by atoms with van der Waals surface area (Å²) in [6.07, 6.45) is 1.15. The van der Waals surface area contributed by atoms with Gasteiger partial charge in [-0.05, 0) is 13.0 Å². The van der Waals surface area contributed by atoms with Gasteiger partial charge in [0.25, 0.3) is 5.69 Å². The van der Waals surface area contributed by atoms with Gasteiger partial charge in [-0.2, -0.15) is 0 Å². The van der Waals surface area contributed by atoms with Gasteiger partial charge in [-0.25, -0.2) is 0 Å². The third-order valence-electron chi connectivity index (χ3n) is 1.88. The lowest BCUT2D eigenvalue weighted by molar-refractivity contribution is -0.385. The van der Waals surface area contributed by atoms with Crippen LogP contribution < -0.4 is 5.73 Å². The fourth-order valence-corrected chi connectivity index (χ4v) is 1.06. The number of aliphatic hydroxyl groups is 1. The molecule has 1 heterocycles. The second-order valence-electron chi connectivity index (χ2n) is 2.94. The van der Waals surface area contributed by atoms with Crippen molar-refractivity contribution in [1.82, 2.24) is 4.98 Å². The molecule has 6 nitrogen and oxygen atoms in total. The predicted molar refractivity (Wildman–Crippen MR) is 49.6 cm³/mol. The van der Waals surface area contributed by atoms with Crippen LogP contribution in [0.2, 0.25) is 0 Å². The standard InChI is InChI=1S/C8H11N3O3/c1-5-2-7(6(9)4-12)10-3-8(5)11(13)14/h2-3,6,12H,4,9H2,1H3/t6-/m0/s1. The van der Waals surface area contributed by atoms with Gasteiger partial charge in [0.2, 0.25) is 0 Å². The van der Waals surface area contributed by atoms with E-state index in [9.17, 15) is 10.1 Å². The number of hydrogen-bond acceptors (Lipinski definition) is 5. The van der Waals surface area contributed by atoms with Gasteiger partial charge in [0.1, 0.15) is 6.20 Å². The van der Waals surface area contributed by atoms with Crippen LogP contribution in [0.3, 0.4) is 0 Å². The molecule has 0 aliphatic rings. The molecule has 0 aliphatic carbocycles. The van der Waals surface area contributed by atoms with Gasteiger partial charge in [-0.15, -0.1) is 0 Å². The Morgan fingerprint density at radius 3 is 2.86 bits per heavy atom. The van der Waals surface area contributed by atoms with Crippen molar-refractivity contribution in [3.05, 3.63) is 33.6 Å². The van der Waals surface area contributed by atoms with Crippen molar-refractivity contribution in [2.75, 3.05) is 6.61 Å². The van der Waals surface area contributed by atoms with Crippen LogP contribution >= 0.6 is 0 Å². The summed E-state index contributed by atoms with van der Waals surface area (Å²) < 4.78 is 0. The second-order valence-corrected chi connectivity index (χ2v) is 2.94. The van der Waals surface area contributed by atoms with Crippen LogP contribution in [-0.2, 0) is 0 Å². The van der Waals surface area contributed by atoms with Gasteiger partial charge >= 0.3 is 0 Å². The highest BCUT2D eigenvalue weighted by molar-refractivity contribution is 5.38. The Bertz CT molecular complexity index is 354. The maximum Gasteiger partial charge on any atom is 0.290 e. The van der Waals surface area contributed by atoms with Gasteiger partial charge in [-0.1, -0.05) is 0 Å². The topological polar surface area (TPSA) is 102 Å². The van der Waals surface area contributed by atoms with Crippen LogP contribution in [0.1, 0.15) is 17.3 Å². The molecule has 76 valence electrons. The molecule has 0 bridgehead atoms. The van der Waals surface area contributed by atoms with Gasteiger partial charge in [0.05, 0.1) is 23.3 Å². The van der Waals surface area contributed by atoms with E-state index in [0.717, 1.165) is 6.20 Å². The van der Waals surface area contributed by atoms with Crippen LogP contribution in [-0.4, -0.2) is 21.6 Å². The first-order valence-electron chi connectivity index (χ1n) is 4.03. The zero-order chi connectivity index (χ0) is 10.7. The highest BCUT2D eigenvalue weighted by Gasteiger charge is 2.14. The Morgan fingerprint density at radius 2 is 2.43 bits per heavy atom. The second kappa shape index (κ2) is 4.12. The zero-order valence-electron chi connectivity index (χ0n) is 7.67. The summed E-state index contributed by atoms with van der Waals surface area (Å²) >= 11 is 0. The number of rotatable bonds is 3. The molecule has 0 fully saturated rings. The first-order valence-corrected chi connectivity index (χ1v) is 4.03. The minimum absolute atomic E-state index is 0.0427. The largest absolute Gasteiger partial charge is 0.394 e. The molecule has 6 heteroatoms. The number of pyridine rings is 1. The fourth-order valence-electron chi connectivity index (χ4n) is 1.06. The fraction of sp³-hybridized carbons (Fsp3) is 0.375. The van der Waals surface area contributed by atoms with E-state index < -0.39 is 11.0 Å². The molecule has 14 heavy (non-hydrogen) atoms. The maximum absolute atomic E-state index is 10.5. The highest BCUT2D eigenvalue weighted by atomic mass is 16.6. The number of nitrogens with two attached hydrogens (primary N) is 1. The van der Waals surface area contributed by atoms with Crippen molar-refractivity contribution >= 4 is 5.69 Å². The molecule has 1 aromatic rings. The number of aromatic nitrogens is 1. The molecule has 1 aromatic heterocycles. The summed E-state index contributed by atoms with van der Waals surface area (Å²) in [5.74, 6) is 0. The lowest BCUT2D eigenvalue weighted by Crippen LogP contribution is -2.16. The molecular weight excluding hydrogens is 186 g/mol. The minimum atomic E-state index is -0.588. The molecule has 0 saturated carbocycles. The number of nitrogens with zero attached hydrogens (tertiary/aromatic N) is 2. The lowest BCUT2D eigenvalue weighted by Gasteiger charge is -2.07. The van der Waals surface area contributed by atoms with E-state index in [4.69, 9.17) is 10.8 Å². The Kier molecular flexibility index (Phi) is 3.10. The molecule has 0 unspecified atom stereocenters. The molecule has 0 amide bonds. The Labute approximate surface area is 80.5 Å². The van der Waals surface area contributed by atoms with E-state index in [2.05, 4.69) is 4.98 Å². The smallest absolute Gasteiger partial charge is 0.290 e. The zero-order valence-corrected chi connectivity index (χ0v) is 7.67. The van der Waals surface area contributed by atoms with Crippen molar-refractivity contribution in [2.24, 2.45) is 5.73 Å². The minimum Gasteiger partial charge on any atom is -0.394 e. The molecule has 3 N–H and O–H groups in total. The summed E-state index contributed by atoms with van der Waals surface area (Å²) in [4.78, 5) is 13.8. The van der Waals surface area contributed by atoms with Crippen LogP contribution in [0, 0.1) is 17.0 Å². The van der Waals surface area contributed by atoms with Crippen molar-refractivity contribution in [3.63, 3.8) is 0 Å². The first kappa shape index (κ1) is 10.6. The van der Waals surface area contributed by atoms with E-state index in [-0.39, 0.29) is 12.3 Å². The van der Waals surface area contributed by atoms with Crippen molar-refractivity contribution in [1.29, 1.82) is 0 Å². The van der Waals surface area contributed by atoms with Gasteiger partial charge in [-0.3, -0.25) is 15.1 Å². The Morgan fingerprint density at radius 1 is 1.79 bits per heavy atom. The quantitative estimate of drug-likeness (QED) is 0.535. The lowest BCUT2D eigenvalue weighted by atomic mass is 10.1. The Hall–Kier alpha value is -1.53. The summed E-state index contributed by atoms with van der Waals surface area (Å²) in [5, 5.41) is 19.2. The number of hydrogen-bond donors (Lipinski definition) is 2. The predicted octanol–water partition coefficient (Wildman–Crippen LogP) is 0.290. The summed E-state index contributed by atoms with van der Waals surface area (Å²) in [5.41, 5.74) is 6.41. The van der Waals surface area contributed by atoms with Crippen molar-refractivity contribution in [3.8, 4) is 0 Å². The molecule has 1 atom stereocenters. The van der Waals surface area contributed by atoms with Crippen molar-refractivity contribution < 1.29 is 10.0 Å². The van der Waals surface area contributed by atoms with Crippen LogP contribution in [0.25, 0.3) is 0 Å². The maximum atomic E-state index is 10.5. The molecule has 0 saturated heterocycles. The monoisotopic (exact) mass is 197 g/mol. The van der Waals surface area contributed by atoms with Gasteiger partial charge in [0.15, 0.2) is 0 Å². The molecule has 0 spiro atoms. The molecule has 0 radical (unpaired) electrons. The van der Waals surface area contributed by atoms with Crippen molar-refractivity contribution in [2.45, 2.75) is 13.0 Å². The summed E-state index contributed by atoms with van der Waals surface area (Å²) in [6, 6.07) is 0.924. The van der Waals surface area contributed by atoms with Gasteiger partial charge < -0.3 is 10.8 Å². The van der Waals surface area contributed by atoms with E-state index >= 15 is 0 Å². The summed E-state index contributed by atoms with van der Waals surface area (Å²) in [7, 11) is 0. The van der Waals surface area contributed by atoms with Gasteiger partial charge in [0, 0.05) is 5.56 Å². The van der Waals surface area contributed by atoms with E-state index in [1.807, 2.05) is 0 Å². The molecular formula is C8H11N3O3. The SMILES string of the molecule is Cc1cc([C@@H](N)CO)ncc1[N+](=O)[O-]. The highest BCUT2D eigenvalue weighted by Crippen LogP contribution is 2.18.